The van der Waals surface area contributed by atoms with E-state index in [1.807, 2.05) is 38.2 Å². The van der Waals surface area contributed by atoms with Crippen molar-refractivity contribution in [2.75, 3.05) is 34.2 Å². The molecule has 0 unspecified atom stereocenters. The van der Waals surface area contributed by atoms with Gasteiger partial charge in [-0.25, -0.2) is 8.42 Å². The van der Waals surface area contributed by atoms with Gasteiger partial charge < -0.3 is 10.2 Å². The fraction of sp³-hybridized carbons (Fsp3) is 0.692. The summed E-state index contributed by atoms with van der Waals surface area (Å²) in [5.41, 5.74) is 0. The number of thiophene rings is 1. The Morgan fingerprint density at radius 3 is 2.45 bits per heavy atom. The molecule has 1 N–H and O–H groups in total. The minimum Gasteiger partial charge on any atom is -0.310 e. The van der Waals surface area contributed by atoms with Crippen molar-refractivity contribution in [2.24, 2.45) is 0 Å². The molecule has 0 aliphatic heterocycles. The van der Waals surface area contributed by atoms with Gasteiger partial charge in [0.15, 0.2) is 0 Å². The molecular formula is C13H25N3O2S2. The second-order valence-electron chi connectivity index (χ2n) is 5.37. The standard InChI is InChI=1S/C13H25N3O2S2/c1-11(2)14-10-12-13(6-9-19-12)20(17,18)16(5)8-7-15(3)4/h6,9,11,14H,7-8,10H2,1-5H3. The Morgan fingerprint density at radius 2 is 1.90 bits per heavy atom. The summed E-state index contributed by atoms with van der Waals surface area (Å²) >= 11 is 1.48. The molecule has 0 fully saturated rings. The summed E-state index contributed by atoms with van der Waals surface area (Å²) in [7, 11) is 2.11. The van der Waals surface area contributed by atoms with Crippen LogP contribution in [0.4, 0.5) is 0 Å². The van der Waals surface area contributed by atoms with E-state index < -0.39 is 10.0 Å². The van der Waals surface area contributed by atoms with Crippen LogP contribution in [0.25, 0.3) is 0 Å². The van der Waals surface area contributed by atoms with Crippen LogP contribution in [0, 0.1) is 0 Å². The Labute approximate surface area is 126 Å². The van der Waals surface area contributed by atoms with Crippen molar-refractivity contribution in [3.8, 4) is 0 Å². The van der Waals surface area contributed by atoms with Gasteiger partial charge in [0.1, 0.15) is 0 Å². The van der Waals surface area contributed by atoms with E-state index in [-0.39, 0.29) is 0 Å². The maximum atomic E-state index is 12.6. The fourth-order valence-corrected chi connectivity index (χ4v) is 4.14. The van der Waals surface area contributed by atoms with Gasteiger partial charge in [0.25, 0.3) is 0 Å². The van der Waals surface area contributed by atoms with Crippen LogP contribution in [-0.2, 0) is 16.6 Å². The lowest BCUT2D eigenvalue weighted by Crippen LogP contribution is -2.34. The summed E-state index contributed by atoms with van der Waals surface area (Å²) in [6.07, 6.45) is 0. The summed E-state index contributed by atoms with van der Waals surface area (Å²) < 4.78 is 26.5. The van der Waals surface area contributed by atoms with E-state index in [9.17, 15) is 8.42 Å². The molecule has 1 aromatic rings. The third-order valence-electron chi connectivity index (χ3n) is 2.93. The Kier molecular flexibility index (Phi) is 6.60. The Morgan fingerprint density at radius 1 is 1.25 bits per heavy atom. The monoisotopic (exact) mass is 319 g/mol. The van der Waals surface area contributed by atoms with Crippen molar-refractivity contribution in [3.63, 3.8) is 0 Å². The molecule has 0 saturated heterocycles. The normalized spacial score (nSPS) is 12.8. The minimum absolute atomic E-state index is 0.333. The molecule has 0 bridgehead atoms. The molecule has 0 aliphatic carbocycles. The first kappa shape index (κ1) is 17.6. The van der Waals surface area contributed by atoms with Crippen molar-refractivity contribution in [3.05, 3.63) is 16.3 Å². The molecular weight excluding hydrogens is 294 g/mol. The second kappa shape index (κ2) is 7.51. The number of rotatable bonds is 8. The van der Waals surface area contributed by atoms with Crippen molar-refractivity contribution in [1.82, 2.24) is 14.5 Å². The van der Waals surface area contributed by atoms with Crippen LogP contribution in [0.5, 0.6) is 0 Å². The molecule has 7 heteroatoms. The molecule has 0 amide bonds. The lowest BCUT2D eigenvalue weighted by molar-refractivity contribution is 0.358. The average molecular weight is 319 g/mol. The molecule has 0 atom stereocenters. The van der Waals surface area contributed by atoms with Crippen LogP contribution in [0.1, 0.15) is 18.7 Å². The van der Waals surface area contributed by atoms with Gasteiger partial charge in [-0.2, -0.15) is 4.31 Å². The molecule has 1 aromatic heterocycles. The third kappa shape index (κ3) is 4.82. The Bertz CT molecular complexity index is 509. The van der Waals surface area contributed by atoms with E-state index >= 15 is 0 Å². The van der Waals surface area contributed by atoms with Gasteiger partial charge >= 0.3 is 0 Å². The lowest BCUT2D eigenvalue weighted by atomic mass is 10.4. The van der Waals surface area contributed by atoms with E-state index in [2.05, 4.69) is 5.32 Å². The van der Waals surface area contributed by atoms with E-state index in [0.717, 1.165) is 4.88 Å². The minimum atomic E-state index is -3.39. The molecule has 5 nitrogen and oxygen atoms in total. The van der Waals surface area contributed by atoms with Gasteiger partial charge in [-0.05, 0) is 25.5 Å². The van der Waals surface area contributed by atoms with E-state index in [1.165, 1.54) is 15.6 Å². The maximum absolute atomic E-state index is 12.6. The highest BCUT2D eigenvalue weighted by Crippen LogP contribution is 2.24. The molecule has 20 heavy (non-hydrogen) atoms. The molecule has 0 aliphatic rings. The smallest absolute Gasteiger partial charge is 0.244 e. The number of hydrogen-bond donors (Lipinski definition) is 1. The number of sulfonamides is 1. The summed E-state index contributed by atoms with van der Waals surface area (Å²) in [6.45, 7) is 5.88. The van der Waals surface area contributed by atoms with Gasteiger partial charge in [0.2, 0.25) is 10.0 Å². The molecule has 1 rings (SSSR count). The summed E-state index contributed by atoms with van der Waals surface area (Å²) in [6, 6.07) is 2.03. The van der Waals surface area contributed by atoms with Crippen LogP contribution in [-0.4, -0.2) is 57.9 Å². The zero-order valence-corrected chi connectivity index (χ0v) is 14.5. The van der Waals surface area contributed by atoms with E-state index in [4.69, 9.17) is 0 Å². The predicted molar refractivity (Wildman–Crippen MR) is 84.7 cm³/mol. The fourth-order valence-electron chi connectivity index (χ4n) is 1.61. The van der Waals surface area contributed by atoms with Gasteiger partial charge in [-0.1, -0.05) is 13.8 Å². The largest absolute Gasteiger partial charge is 0.310 e. The highest BCUT2D eigenvalue weighted by molar-refractivity contribution is 7.89. The summed E-state index contributed by atoms with van der Waals surface area (Å²) in [5, 5.41) is 5.11. The molecule has 0 saturated carbocycles. The molecule has 0 spiro atoms. The van der Waals surface area contributed by atoms with Crippen LogP contribution in [0.2, 0.25) is 0 Å². The first-order chi connectivity index (χ1) is 9.25. The first-order valence-corrected chi connectivity index (χ1v) is 8.98. The van der Waals surface area contributed by atoms with Gasteiger partial charge in [0.05, 0.1) is 4.90 Å². The Hall–Kier alpha value is -0.470. The Balaban J connectivity index is 2.84. The van der Waals surface area contributed by atoms with E-state index in [1.54, 1.807) is 13.1 Å². The maximum Gasteiger partial charge on any atom is 0.244 e. The van der Waals surface area contributed by atoms with Crippen LogP contribution < -0.4 is 5.32 Å². The molecule has 0 aromatic carbocycles. The van der Waals surface area contributed by atoms with Crippen LogP contribution in [0.3, 0.4) is 0 Å². The molecule has 116 valence electrons. The molecule has 0 radical (unpaired) electrons. The highest BCUT2D eigenvalue weighted by Gasteiger charge is 2.24. The third-order valence-corrected chi connectivity index (χ3v) is 5.92. The van der Waals surface area contributed by atoms with Gasteiger partial charge in [0, 0.05) is 37.6 Å². The van der Waals surface area contributed by atoms with Gasteiger partial charge in [-0.3, -0.25) is 0 Å². The predicted octanol–water partition coefficient (Wildman–Crippen LogP) is 1.43. The van der Waals surface area contributed by atoms with E-state index in [0.29, 0.717) is 30.6 Å². The zero-order valence-electron chi connectivity index (χ0n) is 12.9. The highest BCUT2D eigenvalue weighted by atomic mass is 32.2. The number of hydrogen-bond acceptors (Lipinski definition) is 5. The second-order valence-corrected chi connectivity index (χ2v) is 8.39. The SMILES string of the molecule is CC(C)NCc1sccc1S(=O)(=O)N(C)CCN(C)C. The lowest BCUT2D eigenvalue weighted by Gasteiger charge is -2.20. The summed E-state index contributed by atoms with van der Waals surface area (Å²) in [5.74, 6) is 0. The van der Waals surface area contributed by atoms with Crippen molar-refractivity contribution in [1.29, 1.82) is 0 Å². The number of likely N-dealkylation sites (N-methyl/N-ethyl adjacent to an activating group) is 2. The zero-order chi connectivity index (χ0) is 15.3. The number of nitrogens with zero attached hydrogens (tertiary/aromatic N) is 2. The van der Waals surface area contributed by atoms with Crippen LogP contribution >= 0.6 is 11.3 Å². The quantitative estimate of drug-likeness (QED) is 0.787. The molecule has 1 heterocycles. The topological polar surface area (TPSA) is 52.7 Å². The first-order valence-electron chi connectivity index (χ1n) is 6.66. The number of nitrogens with one attached hydrogen (secondary N) is 1. The summed E-state index contributed by atoms with van der Waals surface area (Å²) in [4.78, 5) is 3.27. The van der Waals surface area contributed by atoms with Crippen LogP contribution in [0.15, 0.2) is 16.3 Å². The van der Waals surface area contributed by atoms with Crippen molar-refractivity contribution >= 4 is 21.4 Å². The average Bonchev–Trinajstić information content (AvgIpc) is 2.82. The van der Waals surface area contributed by atoms with Crippen molar-refractivity contribution in [2.45, 2.75) is 31.3 Å². The van der Waals surface area contributed by atoms with Gasteiger partial charge in [-0.15, -0.1) is 11.3 Å². The van der Waals surface area contributed by atoms with Crippen molar-refractivity contribution < 1.29 is 8.42 Å².